The average Bonchev–Trinajstić information content (AvgIpc) is 1.41. The van der Waals surface area contributed by atoms with Crippen molar-refractivity contribution in [2.24, 2.45) is 5.16 Å². The van der Waals surface area contributed by atoms with Gasteiger partial charge in [-0.2, -0.15) is 0 Å². The number of hydrogen-bond donors (Lipinski definition) is 3. The van der Waals surface area contributed by atoms with Gasteiger partial charge in [0, 0.05) is 0 Å². The van der Waals surface area contributed by atoms with Gasteiger partial charge in [-0.3, -0.25) is 10.7 Å². The van der Waals surface area contributed by atoms with Crippen molar-refractivity contribution in [2.75, 3.05) is 0 Å². The molecule has 0 radical (unpaired) electrons. The zero-order chi connectivity index (χ0) is 4.12. The molecular formula is CH4N2O2. The standard InChI is InChI=1S/CH4N2O2/c4-2-1-3-5/h1,4-5H,(H,2,3). The molecule has 0 amide bonds. The largest absolute Gasteiger partial charge is 0.410 e. The number of rotatable bonds is 1. The van der Waals surface area contributed by atoms with Gasteiger partial charge < -0.3 is 5.21 Å². The Morgan fingerprint density at radius 1 is 1.80 bits per heavy atom. The molecule has 0 aromatic rings. The van der Waals surface area contributed by atoms with Crippen molar-refractivity contribution in [2.45, 2.75) is 0 Å². The highest BCUT2D eigenvalue weighted by Gasteiger charge is 1.49. The first-order valence-electron chi connectivity index (χ1n) is 0.970. The zero-order valence-corrected chi connectivity index (χ0v) is 2.42. The van der Waals surface area contributed by atoms with Gasteiger partial charge >= 0.3 is 0 Å². The lowest BCUT2D eigenvalue weighted by molar-refractivity contribution is 0.229. The maximum absolute atomic E-state index is 7.51. The predicted octanol–water partition coefficient (Wildman–Crippen LogP) is -0.617. The second kappa shape index (κ2) is 3.23. The van der Waals surface area contributed by atoms with E-state index < -0.39 is 0 Å². The minimum Gasteiger partial charge on any atom is -0.410 e. The van der Waals surface area contributed by atoms with E-state index in [2.05, 4.69) is 5.16 Å². The summed E-state index contributed by atoms with van der Waals surface area (Å²) in [5.74, 6) is 0. The molecule has 0 rings (SSSR count). The number of nitrogens with one attached hydrogen (secondary N) is 1. The van der Waals surface area contributed by atoms with Crippen LogP contribution in [0.15, 0.2) is 5.16 Å². The molecule has 4 nitrogen and oxygen atoms in total. The van der Waals surface area contributed by atoms with Crippen molar-refractivity contribution in [3.8, 4) is 0 Å². The van der Waals surface area contributed by atoms with Crippen molar-refractivity contribution in [1.29, 1.82) is 0 Å². The number of hydroxylamine groups is 1. The summed E-state index contributed by atoms with van der Waals surface area (Å²) in [5.41, 5.74) is 1.48. The first-order chi connectivity index (χ1) is 2.41. The molecule has 3 N–H and O–H groups in total. The highest BCUT2D eigenvalue weighted by molar-refractivity contribution is 5.50. The fraction of sp³-hybridized carbons (Fsp3) is 0. The van der Waals surface area contributed by atoms with E-state index in [0.717, 1.165) is 6.34 Å². The van der Waals surface area contributed by atoms with E-state index in [1.807, 2.05) is 0 Å². The summed E-state index contributed by atoms with van der Waals surface area (Å²) in [6, 6.07) is 0. The molecule has 0 heterocycles. The average molecular weight is 76.1 g/mol. The van der Waals surface area contributed by atoms with E-state index in [4.69, 9.17) is 10.4 Å². The summed E-state index contributed by atoms with van der Waals surface area (Å²) in [6.45, 7) is 0. The lowest BCUT2D eigenvalue weighted by Gasteiger charge is -1.72. The monoisotopic (exact) mass is 76.0 g/mol. The fourth-order valence-electron chi connectivity index (χ4n) is 0.0258. The van der Waals surface area contributed by atoms with Gasteiger partial charge in [0.25, 0.3) is 0 Å². The summed E-state index contributed by atoms with van der Waals surface area (Å²) in [6.07, 6.45) is 0.736. The molecule has 0 atom stereocenters. The number of hydrogen-bond acceptors (Lipinski definition) is 3. The van der Waals surface area contributed by atoms with Crippen LogP contribution in [0.2, 0.25) is 0 Å². The van der Waals surface area contributed by atoms with Gasteiger partial charge in [-0.25, -0.2) is 0 Å². The molecule has 5 heavy (non-hydrogen) atoms. The molecule has 0 aliphatic carbocycles. The second-order valence-electron chi connectivity index (χ2n) is 0.374. The van der Waals surface area contributed by atoms with Gasteiger partial charge in [0.05, 0.1) is 0 Å². The van der Waals surface area contributed by atoms with Gasteiger partial charge in [-0.05, 0) is 0 Å². The maximum atomic E-state index is 7.51. The molecule has 0 aliphatic rings. The molecule has 4 heteroatoms. The SMILES string of the molecule is ON=CNO. The third-order valence-electron chi connectivity index (χ3n) is 0.115. The van der Waals surface area contributed by atoms with Gasteiger partial charge in [0.1, 0.15) is 0 Å². The Bertz CT molecular complexity index is 34.6. The van der Waals surface area contributed by atoms with Crippen LogP contribution in [0.25, 0.3) is 0 Å². The molecule has 0 unspecified atom stereocenters. The molecule has 0 spiro atoms. The van der Waals surface area contributed by atoms with Crippen molar-refractivity contribution >= 4 is 6.34 Å². The first-order valence-corrected chi connectivity index (χ1v) is 0.970. The molecule has 0 aromatic carbocycles. The highest BCUT2D eigenvalue weighted by atomic mass is 16.5. The minimum atomic E-state index is 0.736. The van der Waals surface area contributed by atoms with Crippen LogP contribution in [0.4, 0.5) is 0 Å². The molecule has 0 saturated carbocycles. The third kappa shape index (κ3) is 3.23. The Labute approximate surface area is 28.7 Å². The first kappa shape index (κ1) is 4.23. The Morgan fingerprint density at radius 3 is 2.40 bits per heavy atom. The van der Waals surface area contributed by atoms with Crippen LogP contribution >= 0.6 is 0 Å². The Balaban J connectivity index is 2.62. The van der Waals surface area contributed by atoms with Crippen LogP contribution in [-0.4, -0.2) is 16.8 Å². The second-order valence-corrected chi connectivity index (χ2v) is 0.374. The van der Waals surface area contributed by atoms with Crippen molar-refractivity contribution in [3.63, 3.8) is 0 Å². The van der Waals surface area contributed by atoms with Crippen molar-refractivity contribution in [1.82, 2.24) is 5.48 Å². The van der Waals surface area contributed by atoms with Gasteiger partial charge in [-0.15, -0.1) is 0 Å². The van der Waals surface area contributed by atoms with Crippen LogP contribution in [0.3, 0.4) is 0 Å². The van der Waals surface area contributed by atoms with E-state index in [0.29, 0.717) is 0 Å². The van der Waals surface area contributed by atoms with Crippen LogP contribution in [0, 0.1) is 0 Å². The number of nitrogens with zero attached hydrogens (tertiary/aromatic N) is 1. The van der Waals surface area contributed by atoms with Crippen LogP contribution in [-0.2, 0) is 0 Å². The Hall–Kier alpha value is -0.770. The quantitative estimate of drug-likeness (QED) is 0.169. The lowest BCUT2D eigenvalue weighted by atomic mass is 11.4. The molecule has 0 fully saturated rings. The molecule has 30 valence electrons. The summed E-state index contributed by atoms with van der Waals surface area (Å²) < 4.78 is 0. The topological polar surface area (TPSA) is 64.9 Å². The van der Waals surface area contributed by atoms with E-state index in [1.54, 1.807) is 0 Å². The van der Waals surface area contributed by atoms with Gasteiger partial charge in [0.15, 0.2) is 6.34 Å². The van der Waals surface area contributed by atoms with E-state index in [-0.39, 0.29) is 0 Å². The van der Waals surface area contributed by atoms with E-state index in [1.165, 1.54) is 5.48 Å². The Morgan fingerprint density at radius 2 is 2.40 bits per heavy atom. The molecule has 0 saturated heterocycles. The van der Waals surface area contributed by atoms with Crippen molar-refractivity contribution in [3.05, 3.63) is 0 Å². The maximum Gasteiger partial charge on any atom is 0.151 e. The van der Waals surface area contributed by atoms with Gasteiger partial charge in [0.2, 0.25) is 0 Å². The fourth-order valence-corrected chi connectivity index (χ4v) is 0.0258. The predicted molar refractivity (Wildman–Crippen MR) is 15.2 cm³/mol. The molecule has 0 bridgehead atoms. The minimum absolute atomic E-state index is 0.736. The highest BCUT2D eigenvalue weighted by Crippen LogP contribution is 1.34. The Kier molecular flexibility index (Phi) is 2.73. The molecular weight excluding hydrogens is 72.0 g/mol. The molecule has 0 aromatic heterocycles. The summed E-state index contributed by atoms with van der Waals surface area (Å²) in [4.78, 5) is 0. The summed E-state index contributed by atoms with van der Waals surface area (Å²) in [7, 11) is 0. The van der Waals surface area contributed by atoms with E-state index in [9.17, 15) is 0 Å². The lowest BCUT2D eigenvalue weighted by Crippen LogP contribution is -2.00. The van der Waals surface area contributed by atoms with E-state index >= 15 is 0 Å². The smallest absolute Gasteiger partial charge is 0.151 e. The third-order valence-corrected chi connectivity index (χ3v) is 0.115. The normalized spacial score (nSPS) is 9.00. The zero-order valence-electron chi connectivity index (χ0n) is 2.42. The summed E-state index contributed by atoms with van der Waals surface area (Å²) in [5, 5.41) is 17.3. The summed E-state index contributed by atoms with van der Waals surface area (Å²) >= 11 is 0. The van der Waals surface area contributed by atoms with Crippen LogP contribution < -0.4 is 5.48 Å². The van der Waals surface area contributed by atoms with Crippen LogP contribution in [0.1, 0.15) is 0 Å². The van der Waals surface area contributed by atoms with Gasteiger partial charge in [-0.1, -0.05) is 5.16 Å². The van der Waals surface area contributed by atoms with Crippen LogP contribution in [0.5, 0.6) is 0 Å². The number of oxime groups is 1. The van der Waals surface area contributed by atoms with Crippen molar-refractivity contribution < 1.29 is 10.4 Å². The molecule has 0 aliphatic heterocycles.